The second-order valence-electron chi connectivity index (χ2n) is 9.52. The molecule has 3 rings (SSSR count). The minimum Gasteiger partial charge on any atom is -0.491 e. The fourth-order valence-corrected chi connectivity index (χ4v) is 3.12. The second kappa shape index (κ2) is 14.0. The van der Waals surface area contributed by atoms with Crippen LogP contribution in [0, 0.1) is 6.92 Å². The Bertz CT molecular complexity index is 1230. The monoisotopic (exact) mass is 506 g/mol. The lowest BCUT2D eigenvalue weighted by Gasteiger charge is -2.13. The summed E-state index contributed by atoms with van der Waals surface area (Å²) in [5, 5.41) is 12.7. The predicted octanol–water partition coefficient (Wildman–Crippen LogP) is 5.06. The van der Waals surface area contributed by atoms with Crippen molar-refractivity contribution in [2.24, 2.45) is 10.7 Å². The number of aliphatic hydroxyl groups excluding tert-OH is 1. The highest BCUT2D eigenvalue weighted by Crippen LogP contribution is 2.33. The maximum absolute atomic E-state index is 10.0. The van der Waals surface area contributed by atoms with E-state index in [1.165, 1.54) is 18.0 Å². The van der Waals surface area contributed by atoms with E-state index in [0.717, 1.165) is 34.4 Å². The van der Waals surface area contributed by atoms with Gasteiger partial charge < -0.3 is 25.6 Å². The number of aliphatic imine (C=N–C) groups is 1. The van der Waals surface area contributed by atoms with Crippen molar-refractivity contribution in [3.05, 3.63) is 71.7 Å². The Balaban J connectivity index is 0.000000341. The first-order chi connectivity index (χ1) is 17.6. The van der Waals surface area contributed by atoms with Gasteiger partial charge in [-0.25, -0.2) is 0 Å². The zero-order chi connectivity index (χ0) is 27.4. The molecule has 0 spiro atoms. The molecule has 0 saturated heterocycles. The summed E-state index contributed by atoms with van der Waals surface area (Å²) in [4.78, 5) is 18.6. The lowest BCUT2D eigenvalue weighted by atomic mass is 10.1. The van der Waals surface area contributed by atoms with E-state index in [1.54, 1.807) is 13.1 Å². The third-order valence-corrected chi connectivity index (χ3v) is 5.03. The maximum atomic E-state index is 10.0. The molecule has 0 saturated carbocycles. The van der Waals surface area contributed by atoms with E-state index < -0.39 is 6.10 Å². The van der Waals surface area contributed by atoms with Crippen molar-refractivity contribution in [2.75, 3.05) is 6.61 Å². The van der Waals surface area contributed by atoms with E-state index in [-0.39, 0.29) is 12.1 Å². The smallest absolute Gasteiger partial charge is 0.211 e. The van der Waals surface area contributed by atoms with Gasteiger partial charge in [0.2, 0.25) is 6.41 Å². The van der Waals surface area contributed by atoms with Gasteiger partial charge in [-0.15, -0.1) is 0 Å². The summed E-state index contributed by atoms with van der Waals surface area (Å²) in [6.07, 6.45) is 5.62. The van der Waals surface area contributed by atoms with Crippen LogP contribution in [0.2, 0.25) is 0 Å². The van der Waals surface area contributed by atoms with Crippen LogP contribution in [0.4, 0.5) is 0 Å². The average molecular weight is 507 g/mol. The largest absolute Gasteiger partial charge is 0.491 e. The van der Waals surface area contributed by atoms with Crippen LogP contribution in [0.15, 0.2) is 65.6 Å². The van der Waals surface area contributed by atoms with E-state index >= 15 is 0 Å². The molecule has 0 aliphatic heterocycles. The minimum atomic E-state index is -0.514. The summed E-state index contributed by atoms with van der Waals surface area (Å²) in [7, 11) is 0. The molecule has 8 heteroatoms. The van der Waals surface area contributed by atoms with Crippen molar-refractivity contribution in [3.8, 4) is 17.2 Å². The fourth-order valence-electron chi connectivity index (χ4n) is 3.12. The van der Waals surface area contributed by atoms with Crippen LogP contribution in [0.5, 0.6) is 17.2 Å². The Morgan fingerprint density at radius 1 is 1.19 bits per heavy atom. The standard InChI is InChI=1S/C21H23NO3.C8H15N3O/c1-4-16-5-8-20(14(2)11-16)25-21-9-10-22-19-7-6-17(12-18(19)21)24-13-15(3)23;1-8(2,3)11-5-7(4-9)10-6-12/h5-12,15,23H,4,13H2,1-3H3;4-6H,9H2,1-3H3,(H,10,12)/b;7-4+,11-5?. The number of pyridine rings is 1. The number of nitrogens with two attached hydrogens (primary N) is 1. The van der Waals surface area contributed by atoms with E-state index in [4.69, 9.17) is 15.2 Å². The molecule has 37 heavy (non-hydrogen) atoms. The number of carbonyl (C=O) groups is 1. The number of amides is 1. The number of ether oxygens (including phenoxy) is 2. The molecule has 8 nitrogen and oxygen atoms in total. The predicted molar refractivity (Wildman–Crippen MR) is 149 cm³/mol. The molecule has 1 atom stereocenters. The van der Waals surface area contributed by atoms with Crippen LogP contribution in [-0.4, -0.2) is 41.0 Å². The van der Waals surface area contributed by atoms with Gasteiger partial charge in [0.05, 0.1) is 22.9 Å². The summed E-state index contributed by atoms with van der Waals surface area (Å²) in [6.45, 7) is 12.0. The molecule has 0 aliphatic carbocycles. The van der Waals surface area contributed by atoms with E-state index in [0.29, 0.717) is 17.9 Å². The molecule has 0 fully saturated rings. The van der Waals surface area contributed by atoms with Crippen molar-refractivity contribution in [3.63, 3.8) is 0 Å². The third kappa shape index (κ3) is 9.93. The van der Waals surface area contributed by atoms with Crippen molar-refractivity contribution >= 4 is 23.5 Å². The van der Waals surface area contributed by atoms with E-state index in [1.807, 2.05) is 51.1 Å². The zero-order valence-electron chi connectivity index (χ0n) is 22.5. The molecular formula is C29H38N4O4. The maximum Gasteiger partial charge on any atom is 0.211 e. The van der Waals surface area contributed by atoms with Gasteiger partial charge in [0, 0.05) is 24.0 Å². The van der Waals surface area contributed by atoms with Crippen LogP contribution in [0.1, 0.15) is 45.7 Å². The molecule has 4 N–H and O–H groups in total. The van der Waals surface area contributed by atoms with Gasteiger partial charge in [0.15, 0.2) is 0 Å². The Morgan fingerprint density at radius 3 is 2.54 bits per heavy atom. The Morgan fingerprint density at radius 2 is 1.95 bits per heavy atom. The lowest BCUT2D eigenvalue weighted by Crippen LogP contribution is -2.16. The number of nitrogens with zero attached hydrogens (tertiary/aromatic N) is 2. The van der Waals surface area contributed by atoms with Crippen LogP contribution in [-0.2, 0) is 11.2 Å². The number of allylic oxidation sites excluding steroid dienone is 1. The van der Waals surface area contributed by atoms with Gasteiger partial charge in [-0.1, -0.05) is 19.1 Å². The summed E-state index contributed by atoms with van der Waals surface area (Å²) in [5.74, 6) is 2.25. The highest BCUT2D eigenvalue weighted by atomic mass is 16.5. The molecular weight excluding hydrogens is 468 g/mol. The molecule has 1 amide bonds. The van der Waals surface area contributed by atoms with Crippen LogP contribution in [0.3, 0.4) is 0 Å². The molecule has 198 valence electrons. The minimum absolute atomic E-state index is 0.154. The van der Waals surface area contributed by atoms with Crippen molar-refractivity contribution < 1.29 is 19.4 Å². The first kappa shape index (κ1) is 29.3. The summed E-state index contributed by atoms with van der Waals surface area (Å²) in [6, 6.07) is 13.7. The number of benzene rings is 2. The summed E-state index contributed by atoms with van der Waals surface area (Å²) in [5.41, 5.74) is 8.79. The van der Waals surface area contributed by atoms with Gasteiger partial charge in [0.1, 0.15) is 23.9 Å². The highest BCUT2D eigenvalue weighted by molar-refractivity contribution is 5.86. The van der Waals surface area contributed by atoms with E-state index in [2.05, 4.69) is 41.3 Å². The van der Waals surface area contributed by atoms with Gasteiger partial charge in [-0.05, 0) is 82.5 Å². The Hall–Kier alpha value is -3.91. The Labute approximate surface area is 219 Å². The van der Waals surface area contributed by atoms with Gasteiger partial charge >= 0.3 is 0 Å². The van der Waals surface area contributed by atoms with Crippen LogP contribution < -0.4 is 20.5 Å². The normalized spacial score (nSPS) is 12.6. The molecule has 1 unspecified atom stereocenters. The summed E-state index contributed by atoms with van der Waals surface area (Å²) >= 11 is 0. The summed E-state index contributed by atoms with van der Waals surface area (Å²) < 4.78 is 11.8. The van der Waals surface area contributed by atoms with Gasteiger partial charge in [0.25, 0.3) is 0 Å². The molecule has 0 radical (unpaired) electrons. The van der Waals surface area contributed by atoms with E-state index in [9.17, 15) is 9.90 Å². The number of aromatic nitrogens is 1. The SMILES string of the molecule is CC(C)(C)N=C/C(=C\N)NC=O.CCc1ccc(Oc2ccnc3ccc(OCC(C)O)cc23)c(C)c1. The van der Waals surface area contributed by atoms with Crippen molar-refractivity contribution in [2.45, 2.75) is 59.6 Å². The molecule has 0 aliphatic rings. The number of aryl methyl sites for hydroxylation is 2. The Kier molecular flexibility index (Phi) is 11.1. The van der Waals surface area contributed by atoms with Crippen molar-refractivity contribution in [1.82, 2.24) is 10.3 Å². The first-order valence-electron chi connectivity index (χ1n) is 12.2. The third-order valence-electron chi connectivity index (χ3n) is 5.03. The first-order valence-corrected chi connectivity index (χ1v) is 12.2. The number of fused-ring (bicyclic) bond motifs is 1. The topological polar surface area (TPSA) is 119 Å². The number of nitrogens with one attached hydrogen (secondary N) is 1. The zero-order valence-corrected chi connectivity index (χ0v) is 22.5. The van der Waals surface area contributed by atoms with Crippen molar-refractivity contribution in [1.29, 1.82) is 0 Å². The molecule has 1 aromatic heterocycles. The number of aliphatic hydroxyl groups is 1. The second-order valence-corrected chi connectivity index (χ2v) is 9.52. The molecule has 0 bridgehead atoms. The molecule has 1 heterocycles. The quantitative estimate of drug-likeness (QED) is 0.276. The van der Waals surface area contributed by atoms with Gasteiger partial charge in [-0.2, -0.15) is 0 Å². The van der Waals surface area contributed by atoms with Crippen LogP contribution >= 0.6 is 0 Å². The average Bonchev–Trinajstić information content (AvgIpc) is 2.86. The van der Waals surface area contributed by atoms with Crippen LogP contribution in [0.25, 0.3) is 10.9 Å². The molecule has 3 aromatic rings. The highest BCUT2D eigenvalue weighted by Gasteiger charge is 2.09. The fraction of sp³-hybridized carbons (Fsp3) is 0.345. The number of carbonyl (C=O) groups excluding carboxylic acids is 1. The lowest BCUT2D eigenvalue weighted by molar-refractivity contribution is -0.108. The van der Waals surface area contributed by atoms with Gasteiger partial charge in [-0.3, -0.25) is 14.8 Å². The number of hydrogen-bond acceptors (Lipinski definition) is 7. The number of hydrogen-bond donors (Lipinski definition) is 3. The number of rotatable bonds is 9. The molecule has 2 aromatic carbocycles.